The van der Waals surface area contributed by atoms with Gasteiger partial charge in [-0.25, -0.2) is 0 Å². The second kappa shape index (κ2) is 5.46. The van der Waals surface area contributed by atoms with Gasteiger partial charge in [0, 0.05) is 32.0 Å². The van der Waals surface area contributed by atoms with E-state index in [0.717, 1.165) is 25.9 Å². The first-order chi connectivity index (χ1) is 8.16. The smallest absolute Gasteiger partial charge is 0.135 e. The van der Waals surface area contributed by atoms with Crippen LogP contribution >= 0.6 is 0 Å². The lowest BCUT2D eigenvalue weighted by atomic mass is 9.91. The monoisotopic (exact) mass is 231 g/mol. The van der Waals surface area contributed by atoms with Crippen molar-refractivity contribution in [1.29, 1.82) is 0 Å². The van der Waals surface area contributed by atoms with Gasteiger partial charge in [0.2, 0.25) is 0 Å². The zero-order valence-corrected chi connectivity index (χ0v) is 10.7. The molecule has 0 aromatic heterocycles. The lowest BCUT2D eigenvalue weighted by Gasteiger charge is -2.37. The summed E-state index contributed by atoms with van der Waals surface area (Å²) in [5.41, 5.74) is 1.34. The third-order valence-corrected chi connectivity index (χ3v) is 3.58. The molecule has 1 atom stereocenters. The maximum Gasteiger partial charge on any atom is 0.135 e. The average Bonchev–Trinajstić information content (AvgIpc) is 2.32. The molecule has 1 aliphatic heterocycles. The number of Topliss-reactive ketones (excluding diaryl/α,β-unsaturated/α-hetero) is 1. The summed E-state index contributed by atoms with van der Waals surface area (Å²) in [5, 5.41) is 0. The number of piperidine rings is 1. The molecule has 2 rings (SSSR count). The maximum absolute atomic E-state index is 11.5. The van der Waals surface area contributed by atoms with E-state index in [1.54, 1.807) is 0 Å². The highest BCUT2D eigenvalue weighted by Crippen LogP contribution is 2.23. The number of rotatable bonds is 3. The van der Waals surface area contributed by atoms with Gasteiger partial charge in [0.25, 0.3) is 0 Å². The summed E-state index contributed by atoms with van der Waals surface area (Å²) in [6.45, 7) is 6.30. The maximum atomic E-state index is 11.5. The SMILES string of the molecule is CC(C)[C@H]1CC(=O)CCN1Cc1ccccc1. The Hall–Kier alpha value is -1.15. The highest BCUT2D eigenvalue weighted by Gasteiger charge is 2.28. The van der Waals surface area contributed by atoms with Crippen LogP contribution in [-0.4, -0.2) is 23.3 Å². The molecule has 2 heteroatoms. The third-order valence-electron chi connectivity index (χ3n) is 3.58. The van der Waals surface area contributed by atoms with Crippen LogP contribution in [0.2, 0.25) is 0 Å². The predicted octanol–water partition coefficient (Wildman–Crippen LogP) is 2.88. The first kappa shape index (κ1) is 12.3. The summed E-state index contributed by atoms with van der Waals surface area (Å²) in [5.74, 6) is 0.968. The Morgan fingerprint density at radius 3 is 2.65 bits per heavy atom. The minimum atomic E-state index is 0.413. The molecule has 17 heavy (non-hydrogen) atoms. The highest BCUT2D eigenvalue weighted by atomic mass is 16.1. The van der Waals surface area contributed by atoms with Gasteiger partial charge < -0.3 is 0 Å². The fourth-order valence-electron chi connectivity index (χ4n) is 2.57. The molecule has 2 nitrogen and oxygen atoms in total. The largest absolute Gasteiger partial charge is 0.300 e. The lowest BCUT2D eigenvalue weighted by molar-refractivity contribution is -0.124. The number of likely N-dealkylation sites (tertiary alicyclic amines) is 1. The van der Waals surface area contributed by atoms with Crippen molar-refractivity contribution in [3.8, 4) is 0 Å². The molecule has 1 fully saturated rings. The number of carbonyl (C=O) groups excluding carboxylic acids is 1. The van der Waals surface area contributed by atoms with Crippen LogP contribution in [0.5, 0.6) is 0 Å². The number of carbonyl (C=O) groups is 1. The van der Waals surface area contributed by atoms with Gasteiger partial charge in [-0.2, -0.15) is 0 Å². The molecule has 0 N–H and O–H groups in total. The molecule has 1 aromatic carbocycles. The van der Waals surface area contributed by atoms with Crippen LogP contribution < -0.4 is 0 Å². The van der Waals surface area contributed by atoms with E-state index >= 15 is 0 Å². The van der Waals surface area contributed by atoms with Crippen molar-refractivity contribution >= 4 is 5.78 Å². The average molecular weight is 231 g/mol. The van der Waals surface area contributed by atoms with Crippen LogP contribution in [0.15, 0.2) is 30.3 Å². The Morgan fingerprint density at radius 1 is 1.29 bits per heavy atom. The Bertz CT molecular complexity index is 372. The zero-order valence-electron chi connectivity index (χ0n) is 10.7. The molecule has 1 aliphatic rings. The lowest BCUT2D eigenvalue weighted by Crippen LogP contribution is -2.45. The standard InChI is InChI=1S/C15H21NO/c1-12(2)15-10-14(17)8-9-16(15)11-13-6-4-3-5-7-13/h3-7,12,15H,8-11H2,1-2H3/t15-/m1/s1. The number of hydrogen-bond donors (Lipinski definition) is 0. The first-order valence-electron chi connectivity index (χ1n) is 6.46. The Labute approximate surface area is 104 Å². The molecule has 1 heterocycles. The van der Waals surface area contributed by atoms with Crippen molar-refractivity contribution in [3.05, 3.63) is 35.9 Å². The quantitative estimate of drug-likeness (QED) is 0.797. The molecule has 0 amide bonds. The Kier molecular flexibility index (Phi) is 3.95. The molecular formula is C15H21NO. The predicted molar refractivity (Wildman–Crippen MR) is 69.7 cm³/mol. The molecule has 1 saturated heterocycles. The molecular weight excluding hydrogens is 210 g/mol. The summed E-state index contributed by atoms with van der Waals surface area (Å²) in [4.78, 5) is 14.0. The van der Waals surface area contributed by atoms with Gasteiger partial charge in [0.1, 0.15) is 5.78 Å². The minimum absolute atomic E-state index is 0.413. The van der Waals surface area contributed by atoms with E-state index in [9.17, 15) is 4.79 Å². The summed E-state index contributed by atoms with van der Waals surface area (Å²) in [7, 11) is 0. The molecule has 0 spiro atoms. The fourth-order valence-corrected chi connectivity index (χ4v) is 2.57. The van der Waals surface area contributed by atoms with Gasteiger partial charge >= 0.3 is 0 Å². The van der Waals surface area contributed by atoms with E-state index < -0.39 is 0 Å². The number of hydrogen-bond acceptors (Lipinski definition) is 2. The van der Waals surface area contributed by atoms with Crippen molar-refractivity contribution in [2.24, 2.45) is 5.92 Å². The zero-order chi connectivity index (χ0) is 12.3. The molecule has 0 radical (unpaired) electrons. The summed E-state index contributed by atoms with van der Waals surface area (Å²) < 4.78 is 0. The van der Waals surface area contributed by atoms with Crippen LogP contribution in [0.4, 0.5) is 0 Å². The molecule has 0 bridgehead atoms. The van der Waals surface area contributed by atoms with Gasteiger partial charge in [-0.15, -0.1) is 0 Å². The summed E-state index contributed by atoms with van der Waals surface area (Å²) in [6, 6.07) is 10.9. The van der Waals surface area contributed by atoms with Crippen molar-refractivity contribution in [1.82, 2.24) is 4.90 Å². The van der Waals surface area contributed by atoms with Crippen LogP contribution in [0.3, 0.4) is 0 Å². The van der Waals surface area contributed by atoms with E-state index in [2.05, 4.69) is 43.0 Å². The molecule has 0 saturated carbocycles. The molecule has 1 aromatic rings. The van der Waals surface area contributed by atoms with Gasteiger partial charge in [-0.1, -0.05) is 44.2 Å². The number of benzene rings is 1. The number of nitrogens with zero attached hydrogens (tertiary/aromatic N) is 1. The summed E-state index contributed by atoms with van der Waals surface area (Å²) in [6.07, 6.45) is 1.44. The Balaban J connectivity index is 2.06. The van der Waals surface area contributed by atoms with Gasteiger partial charge in [0.15, 0.2) is 0 Å². The minimum Gasteiger partial charge on any atom is -0.300 e. The van der Waals surface area contributed by atoms with Gasteiger partial charge in [0.05, 0.1) is 0 Å². The van der Waals surface area contributed by atoms with Crippen molar-refractivity contribution in [2.75, 3.05) is 6.54 Å². The fraction of sp³-hybridized carbons (Fsp3) is 0.533. The van der Waals surface area contributed by atoms with Crippen molar-refractivity contribution < 1.29 is 4.79 Å². The van der Waals surface area contributed by atoms with Crippen LogP contribution in [0, 0.1) is 5.92 Å². The van der Waals surface area contributed by atoms with E-state index in [4.69, 9.17) is 0 Å². The normalized spacial score (nSPS) is 22.1. The summed E-state index contributed by atoms with van der Waals surface area (Å²) >= 11 is 0. The van der Waals surface area contributed by atoms with Crippen molar-refractivity contribution in [3.63, 3.8) is 0 Å². The van der Waals surface area contributed by atoms with Crippen LogP contribution in [-0.2, 0) is 11.3 Å². The van der Waals surface area contributed by atoms with E-state index in [1.165, 1.54) is 5.56 Å². The van der Waals surface area contributed by atoms with Crippen molar-refractivity contribution in [2.45, 2.75) is 39.3 Å². The van der Waals surface area contributed by atoms with Crippen LogP contribution in [0.1, 0.15) is 32.3 Å². The Morgan fingerprint density at radius 2 is 2.00 bits per heavy atom. The van der Waals surface area contributed by atoms with E-state index in [1.807, 2.05) is 6.07 Å². The topological polar surface area (TPSA) is 20.3 Å². The van der Waals surface area contributed by atoms with Crippen LogP contribution in [0.25, 0.3) is 0 Å². The third kappa shape index (κ3) is 3.16. The first-order valence-corrected chi connectivity index (χ1v) is 6.46. The molecule has 0 unspecified atom stereocenters. The molecule has 0 aliphatic carbocycles. The second-order valence-electron chi connectivity index (χ2n) is 5.26. The van der Waals surface area contributed by atoms with E-state index in [0.29, 0.717) is 17.7 Å². The second-order valence-corrected chi connectivity index (χ2v) is 5.26. The van der Waals surface area contributed by atoms with E-state index in [-0.39, 0.29) is 0 Å². The van der Waals surface area contributed by atoms with Gasteiger partial charge in [-0.05, 0) is 11.5 Å². The van der Waals surface area contributed by atoms with Gasteiger partial charge in [-0.3, -0.25) is 9.69 Å². The number of ketones is 1. The molecule has 92 valence electrons. The highest BCUT2D eigenvalue weighted by molar-refractivity contribution is 5.80.